The molecule has 2 heterocycles. The topological polar surface area (TPSA) is 92.0 Å². The van der Waals surface area contributed by atoms with Gasteiger partial charge in [-0.2, -0.15) is 0 Å². The molecule has 8 nitrogen and oxygen atoms in total. The standard InChI is InChI=1S/C28H29FN4O4/c1-34-25-18-23-21(17-26(25)36-14-4-11-33-12-15-35-16-13-33)27(30)32-28(31-23)19-7-9-20(10-8-19)37-24-6-3-2-5-22(24)29/h2-3,5-10,17-18H,4,11-16H2,1H3,(H2,30,31,32). The molecule has 0 aliphatic carbocycles. The second-order valence-corrected chi connectivity index (χ2v) is 8.67. The third kappa shape index (κ3) is 5.90. The van der Waals surface area contributed by atoms with Gasteiger partial charge in [0.05, 0.1) is 32.4 Å². The Morgan fingerprint density at radius 3 is 2.51 bits per heavy atom. The monoisotopic (exact) mass is 504 g/mol. The summed E-state index contributed by atoms with van der Waals surface area (Å²) in [6.45, 7) is 4.99. The van der Waals surface area contributed by atoms with Crippen molar-refractivity contribution in [1.82, 2.24) is 14.9 Å². The van der Waals surface area contributed by atoms with Gasteiger partial charge in [0, 0.05) is 36.7 Å². The maximum absolute atomic E-state index is 13.9. The number of anilines is 1. The zero-order chi connectivity index (χ0) is 25.6. The molecule has 4 aromatic rings. The van der Waals surface area contributed by atoms with Gasteiger partial charge in [0.1, 0.15) is 11.6 Å². The van der Waals surface area contributed by atoms with Crippen LogP contribution in [0.3, 0.4) is 0 Å². The number of aromatic nitrogens is 2. The molecule has 37 heavy (non-hydrogen) atoms. The molecule has 2 N–H and O–H groups in total. The van der Waals surface area contributed by atoms with Gasteiger partial charge in [0.25, 0.3) is 0 Å². The van der Waals surface area contributed by atoms with E-state index < -0.39 is 5.82 Å². The minimum absolute atomic E-state index is 0.160. The summed E-state index contributed by atoms with van der Waals surface area (Å²) in [5.41, 5.74) is 7.72. The van der Waals surface area contributed by atoms with E-state index in [1.165, 1.54) is 6.07 Å². The summed E-state index contributed by atoms with van der Waals surface area (Å²) in [6, 6.07) is 17.0. The normalized spacial score (nSPS) is 14.0. The number of hydrogen-bond donors (Lipinski definition) is 1. The van der Waals surface area contributed by atoms with Crippen LogP contribution in [0.15, 0.2) is 60.7 Å². The van der Waals surface area contributed by atoms with Gasteiger partial charge in [-0.3, -0.25) is 4.90 Å². The predicted octanol–water partition coefficient (Wildman–Crippen LogP) is 4.92. The number of fused-ring (bicyclic) bond motifs is 1. The van der Waals surface area contributed by atoms with Crippen molar-refractivity contribution in [3.8, 4) is 34.4 Å². The highest BCUT2D eigenvalue weighted by Crippen LogP contribution is 2.35. The van der Waals surface area contributed by atoms with Gasteiger partial charge in [-0.05, 0) is 48.9 Å². The number of para-hydroxylation sites is 1. The van der Waals surface area contributed by atoms with E-state index in [9.17, 15) is 4.39 Å². The van der Waals surface area contributed by atoms with Crippen molar-refractivity contribution in [3.05, 3.63) is 66.5 Å². The van der Waals surface area contributed by atoms with Gasteiger partial charge in [0.2, 0.25) is 0 Å². The molecule has 1 saturated heterocycles. The number of nitrogens with two attached hydrogens (primary N) is 1. The number of nitrogen functional groups attached to an aromatic ring is 1. The van der Waals surface area contributed by atoms with E-state index in [1.807, 2.05) is 12.1 Å². The Bertz CT molecular complexity index is 1360. The lowest BCUT2D eigenvalue weighted by Crippen LogP contribution is -2.37. The Morgan fingerprint density at radius 2 is 1.76 bits per heavy atom. The molecule has 0 amide bonds. The molecule has 0 unspecified atom stereocenters. The first-order chi connectivity index (χ1) is 18.1. The summed E-state index contributed by atoms with van der Waals surface area (Å²) in [6.07, 6.45) is 0.892. The van der Waals surface area contributed by atoms with Crippen LogP contribution < -0.4 is 19.9 Å². The molecule has 1 aliphatic rings. The molecular weight excluding hydrogens is 475 g/mol. The maximum atomic E-state index is 13.9. The zero-order valence-electron chi connectivity index (χ0n) is 20.7. The minimum Gasteiger partial charge on any atom is -0.493 e. The highest BCUT2D eigenvalue weighted by atomic mass is 19.1. The van der Waals surface area contributed by atoms with Gasteiger partial charge < -0.3 is 24.7 Å². The molecule has 5 rings (SSSR count). The Balaban J connectivity index is 1.31. The van der Waals surface area contributed by atoms with Crippen LogP contribution in [-0.4, -0.2) is 61.4 Å². The van der Waals surface area contributed by atoms with Crippen LogP contribution in [0.2, 0.25) is 0 Å². The zero-order valence-corrected chi connectivity index (χ0v) is 20.7. The molecule has 0 bridgehead atoms. The van der Waals surface area contributed by atoms with E-state index in [1.54, 1.807) is 49.6 Å². The lowest BCUT2D eigenvalue weighted by Gasteiger charge is -2.26. The van der Waals surface area contributed by atoms with Crippen molar-refractivity contribution < 1.29 is 23.3 Å². The van der Waals surface area contributed by atoms with E-state index in [0.717, 1.165) is 44.8 Å². The molecule has 1 fully saturated rings. The second kappa shape index (κ2) is 11.4. The number of halogens is 1. The summed E-state index contributed by atoms with van der Waals surface area (Å²) < 4.78 is 36.5. The summed E-state index contributed by atoms with van der Waals surface area (Å²) in [7, 11) is 1.60. The molecule has 1 aromatic heterocycles. The van der Waals surface area contributed by atoms with E-state index in [2.05, 4.69) is 9.88 Å². The van der Waals surface area contributed by atoms with Gasteiger partial charge in [0.15, 0.2) is 28.9 Å². The number of ether oxygens (including phenoxy) is 4. The number of morpholine rings is 1. The SMILES string of the molecule is COc1cc2nc(-c3ccc(Oc4ccccc4F)cc3)nc(N)c2cc1OCCCN1CCOCC1. The Morgan fingerprint density at radius 1 is 0.973 bits per heavy atom. The summed E-state index contributed by atoms with van der Waals surface area (Å²) in [5.74, 6) is 2.22. The number of rotatable bonds is 9. The van der Waals surface area contributed by atoms with E-state index in [-0.39, 0.29) is 5.75 Å². The molecule has 9 heteroatoms. The van der Waals surface area contributed by atoms with Crippen molar-refractivity contribution in [3.63, 3.8) is 0 Å². The first kappa shape index (κ1) is 24.7. The van der Waals surface area contributed by atoms with Gasteiger partial charge >= 0.3 is 0 Å². The summed E-state index contributed by atoms with van der Waals surface area (Å²) in [5, 5.41) is 0.687. The fraction of sp³-hybridized carbons (Fsp3) is 0.286. The molecule has 0 spiro atoms. The van der Waals surface area contributed by atoms with E-state index in [4.69, 9.17) is 29.7 Å². The number of nitrogens with zero attached hydrogens (tertiary/aromatic N) is 3. The minimum atomic E-state index is -0.424. The van der Waals surface area contributed by atoms with Crippen LogP contribution in [-0.2, 0) is 4.74 Å². The molecule has 1 aliphatic heterocycles. The van der Waals surface area contributed by atoms with Crippen LogP contribution in [0, 0.1) is 5.82 Å². The lowest BCUT2D eigenvalue weighted by atomic mass is 10.1. The number of hydrogen-bond acceptors (Lipinski definition) is 8. The van der Waals surface area contributed by atoms with Gasteiger partial charge in [-0.25, -0.2) is 14.4 Å². The Labute approximate surface area is 214 Å². The van der Waals surface area contributed by atoms with Crippen molar-refractivity contribution in [2.75, 3.05) is 52.3 Å². The second-order valence-electron chi connectivity index (χ2n) is 8.67. The van der Waals surface area contributed by atoms with Gasteiger partial charge in [-0.15, -0.1) is 0 Å². The first-order valence-electron chi connectivity index (χ1n) is 12.2. The number of benzene rings is 3. The summed E-state index contributed by atoms with van der Waals surface area (Å²) in [4.78, 5) is 11.6. The highest BCUT2D eigenvalue weighted by molar-refractivity contribution is 5.92. The van der Waals surface area contributed by atoms with E-state index >= 15 is 0 Å². The van der Waals surface area contributed by atoms with E-state index in [0.29, 0.717) is 46.4 Å². The molecule has 0 saturated carbocycles. The molecule has 0 radical (unpaired) electrons. The smallest absolute Gasteiger partial charge is 0.165 e. The fourth-order valence-electron chi connectivity index (χ4n) is 4.18. The third-order valence-corrected chi connectivity index (χ3v) is 6.17. The first-order valence-corrected chi connectivity index (χ1v) is 12.2. The molecule has 192 valence electrons. The van der Waals surface area contributed by atoms with Crippen molar-refractivity contribution in [1.29, 1.82) is 0 Å². The highest BCUT2D eigenvalue weighted by Gasteiger charge is 2.15. The third-order valence-electron chi connectivity index (χ3n) is 6.17. The molecular formula is C28H29FN4O4. The van der Waals surface area contributed by atoms with Crippen LogP contribution >= 0.6 is 0 Å². The van der Waals surface area contributed by atoms with Crippen LogP contribution in [0.4, 0.5) is 10.2 Å². The quantitative estimate of drug-likeness (QED) is 0.321. The largest absolute Gasteiger partial charge is 0.493 e. The fourth-order valence-corrected chi connectivity index (χ4v) is 4.18. The summed E-state index contributed by atoms with van der Waals surface area (Å²) >= 11 is 0. The maximum Gasteiger partial charge on any atom is 0.165 e. The molecule has 3 aromatic carbocycles. The van der Waals surface area contributed by atoms with Crippen molar-refractivity contribution in [2.45, 2.75) is 6.42 Å². The average Bonchev–Trinajstić information content (AvgIpc) is 2.93. The molecule has 0 atom stereocenters. The number of methoxy groups -OCH3 is 1. The Hall–Kier alpha value is -3.95. The Kier molecular flexibility index (Phi) is 7.62. The van der Waals surface area contributed by atoms with Crippen LogP contribution in [0.25, 0.3) is 22.3 Å². The average molecular weight is 505 g/mol. The van der Waals surface area contributed by atoms with Crippen molar-refractivity contribution in [2.24, 2.45) is 0 Å². The predicted molar refractivity (Wildman–Crippen MR) is 140 cm³/mol. The lowest BCUT2D eigenvalue weighted by molar-refractivity contribution is 0.0357. The van der Waals surface area contributed by atoms with Crippen LogP contribution in [0.1, 0.15) is 6.42 Å². The van der Waals surface area contributed by atoms with Crippen LogP contribution in [0.5, 0.6) is 23.0 Å². The van der Waals surface area contributed by atoms with Crippen molar-refractivity contribution >= 4 is 16.7 Å². The van der Waals surface area contributed by atoms with Gasteiger partial charge in [-0.1, -0.05) is 12.1 Å².